The fourth-order valence-electron chi connectivity index (χ4n) is 3.08. The zero-order chi connectivity index (χ0) is 16.5. The molecular weight excluding hydrogens is 419 g/mol. The van der Waals surface area contributed by atoms with Gasteiger partial charge in [0.2, 0.25) is 0 Å². The Hall–Kier alpha value is -0.120. The number of ether oxygens (including phenoxy) is 2. The van der Waals surface area contributed by atoms with Crippen LogP contribution in [0.2, 0.25) is 0 Å². The van der Waals surface area contributed by atoms with Crippen LogP contribution < -0.4 is 5.32 Å². The summed E-state index contributed by atoms with van der Waals surface area (Å²) >= 11 is 0. The van der Waals surface area contributed by atoms with Gasteiger partial charge in [0.25, 0.3) is 0 Å². The van der Waals surface area contributed by atoms with Crippen molar-refractivity contribution in [3.05, 3.63) is 0 Å². The quantitative estimate of drug-likeness (QED) is 0.309. The zero-order valence-electron chi connectivity index (χ0n) is 15.5. The molecule has 2 rings (SSSR count). The second-order valence-electron chi connectivity index (χ2n) is 6.61. The molecule has 1 atom stereocenters. The van der Waals surface area contributed by atoms with E-state index in [0.29, 0.717) is 5.92 Å². The van der Waals surface area contributed by atoms with E-state index < -0.39 is 0 Å². The van der Waals surface area contributed by atoms with Gasteiger partial charge >= 0.3 is 0 Å². The monoisotopic (exact) mass is 454 g/mol. The molecule has 142 valence electrons. The van der Waals surface area contributed by atoms with Crippen LogP contribution in [0.15, 0.2) is 4.99 Å². The topological polar surface area (TPSA) is 49.3 Å². The molecule has 0 aromatic rings. The first kappa shape index (κ1) is 21.9. The highest BCUT2D eigenvalue weighted by atomic mass is 127. The Labute approximate surface area is 164 Å². The Morgan fingerprint density at radius 3 is 2.67 bits per heavy atom. The third kappa shape index (κ3) is 7.84. The molecule has 1 heterocycles. The number of nitrogens with one attached hydrogen (secondary N) is 1. The lowest BCUT2D eigenvalue weighted by Crippen LogP contribution is -2.42. The van der Waals surface area contributed by atoms with Gasteiger partial charge in [-0.2, -0.15) is 0 Å². The summed E-state index contributed by atoms with van der Waals surface area (Å²) in [5.41, 5.74) is 0. The van der Waals surface area contributed by atoms with Crippen LogP contribution in [-0.4, -0.2) is 88.5 Å². The van der Waals surface area contributed by atoms with E-state index in [9.17, 15) is 0 Å². The highest BCUT2D eigenvalue weighted by Crippen LogP contribution is 2.26. The largest absolute Gasteiger partial charge is 0.383 e. The van der Waals surface area contributed by atoms with Crippen molar-refractivity contribution in [3.8, 4) is 0 Å². The average Bonchev–Trinajstić information content (AvgIpc) is 3.27. The fraction of sp³-hybridized carbons (Fsp3) is 0.941. The summed E-state index contributed by atoms with van der Waals surface area (Å²) in [5.74, 6) is 1.65. The van der Waals surface area contributed by atoms with E-state index >= 15 is 0 Å². The van der Waals surface area contributed by atoms with Crippen molar-refractivity contribution in [1.82, 2.24) is 15.1 Å². The van der Waals surface area contributed by atoms with Crippen LogP contribution in [0.1, 0.15) is 26.2 Å². The summed E-state index contributed by atoms with van der Waals surface area (Å²) in [6.45, 7) is 9.51. The lowest BCUT2D eigenvalue weighted by Gasteiger charge is -2.25. The molecule has 0 spiro atoms. The number of guanidine groups is 1. The van der Waals surface area contributed by atoms with Crippen LogP contribution in [0.5, 0.6) is 0 Å². The molecule has 0 aromatic carbocycles. The van der Waals surface area contributed by atoms with Crippen LogP contribution in [0, 0.1) is 5.92 Å². The van der Waals surface area contributed by atoms with Crippen molar-refractivity contribution in [2.75, 3.05) is 66.7 Å². The fourth-order valence-corrected chi connectivity index (χ4v) is 3.08. The summed E-state index contributed by atoms with van der Waals surface area (Å²) in [4.78, 5) is 9.59. The van der Waals surface area contributed by atoms with E-state index in [1.807, 2.05) is 0 Å². The van der Waals surface area contributed by atoms with Gasteiger partial charge in [0.1, 0.15) is 0 Å². The molecule has 2 aliphatic rings. The molecule has 1 aliphatic heterocycles. The van der Waals surface area contributed by atoms with Crippen molar-refractivity contribution < 1.29 is 9.47 Å². The molecule has 1 saturated heterocycles. The Bertz CT molecular complexity index is 360. The summed E-state index contributed by atoms with van der Waals surface area (Å²) in [6, 6.07) is 0.760. The van der Waals surface area contributed by atoms with Crippen molar-refractivity contribution in [2.45, 2.75) is 32.2 Å². The number of halogens is 1. The molecule has 1 aliphatic carbocycles. The molecule has 0 bridgehead atoms. The molecular formula is C17H35IN4O2. The van der Waals surface area contributed by atoms with Gasteiger partial charge in [-0.05, 0) is 26.2 Å². The van der Waals surface area contributed by atoms with Gasteiger partial charge in [-0.25, -0.2) is 0 Å². The average molecular weight is 454 g/mol. The van der Waals surface area contributed by atoms with Crippen LogP contribution in [0.3, 0.4) is 0 Å². The van der Waals surface area contributed by atoms with Crippen LogP contribution >= 0.6 is 24.0 Å². The van der Waals surface area contributed by atoms with Crippen LogP contribution in [0.4, 0.5) is 0 Å². The van der Waals surface area contributed by atoms with Crippen molar-refractivity contribution in [1.29, 1.82) is 0 Å². The Balaban J connectivity index is 0.00000288. The summed E-state index contributed by atoms with van der Waals surface area (Å²) < 4.78 is 10.7. The second-order valence-corrected chi connectivity index (χ2v) is 6.61. The van der Waals surface area contributed by atoms with Crippen molar-refractivity contribution in [2.24, 2.45) is 10.9 Å². The van der Waals surface area contributed by atoms with Gasteiger partial charge in [-0.1, -0.05) is 0 Å². The molecule has 1 N–H and O–H groups in total. The molecule has 1 unspecified atom stereocenters. The standard InChI is InChI=1S/C17H34N4O2.HI/c1-4-18-17(20(2)13-15-7-11-23-14-15)19-8-9-21(10-12-22-3)16-5-6-16;/h15-16H,4-14H2,1-3H3,(H,18,19);1H. The lowest BCUT2D eigenvalue weighted by atomic mass is 10.1. The number of nitrogens with zero attached hydrogens (tertiary/aromatic N) is 3. The summed E-state index contributed by atoms with van der Waals surface area (Å²) in [7, 11) is 3.90. The first-order valence-corrected chi connectivity index (χ1v) is 9.04. The third-order valence-corrected chi connectivity index (χ3v) is 4.55. The highest BCUT2D eigenvalue weighted by molar-refractivity contribution is 14.0. The van der Waals surface area contributed by atoms with Gasteiger partial charge in [0.15, 0.2) is 5.96 Å². The number of hydrogen-bond acceptors (Lipinski definition) is 4. The van der Waals surface area contributed by atoms with Crippen LogP contribution in [-0.2, 0) is 9.47 Å². The maximum absolute atomic E-state index is 5.48. The normalized spacial score (nSPS) is 21.0. The van der Waals surface area contributed by atoms with Crippen LogP contribution in [0.25, 0.3) is 0 Å². The second kappa shape index (κ2) is 12.3. The Morgan fingerprint density at radius 1 is 1.29 bits per heavy atom. The highest BCUT2D eigenvalue weighted by Gasteiger charge is 2.28. The van der Waals surface area contributed by atoms with Gasteiger partial charge in [0.05, 0.1) is 19.8 Å². The van der Waals surface area contributed by atoms with E-state index in [4.69, 9.17) is 14.5 Å². The van der Waals surface area contributed by atoms with E-state index in [1.165, 1.54) is 12.8 Å². The molecule has 2 fully saturated rings. The van der Waals surface area contributed by atoms with E-state index in [-0.39, 0.29) is 24.0 Å². The summed E-state index contributed by atoms with van der Waals surface area (Å²) in [5, 5.41) is 3.41. The minimum absolute atomic E-state index is 0. The maximum Gasteiger partial charge on any atom is 0.193 e. The number of rotatable bonds is 10. The molecule has 0 amide bonds. The van der Waals surface area contributed by atoms with Gasteiger partial charge < -0.3 is 19.7 Å². The molecule has 7 heteroatoms. The number of aliphatic imine (C=N–C) groups is 1. The lowest BCUT2D eigenvalue weighted by molar-refractivity contribution is 0.145. The predicted octanol–water partition coefficient (Wildman–Crippen LogP) is 1.65. The smallest absolute Gasteiger partial charge is 0.193 e. The molecule has 6 nitrogen and oxygen atoms in total. The first-order valence-electron chi connectivity index (χ1n) is 9.04. The number of methoxy groups -OCH3 is 1. The third-order valence-electron chi connectivity index (χ3n) is 4.55. The minimum atomic E-state index is 0. The molecule has 0 radical (unpaired) electrons. The van der Waals surface area contributed by atoms with E-state index in [0.717, 1.165) is 71.0 Å². The Kier molecular flexibility index (Phi) is 11.2. The summed E-state index contributed by atoms with van der Waals surface area (Å²) in [6.07, 6.45) is 3.82. The zero-order valence-corrected chi connectivity index (χ0v) is 17.8. The first-order chi connectivity index (χ1) is 11.2. The SMILES string of the molecule is CCNC(=NCCN(CCOC)C1CC1)N(C)CC1CCOC1.I. The molecule has 0 aromatic heterocycles. The molecule has 1 saturated carbocycles. The molecule has 24 heavy (non-hydrogen) atoms. The van der Waals surface area contributed by atoms with Gasteiger partial charge in [-0.15, -0.1) is 24.0 Å². The Morgan fingerprint density at radius 2 is 2.08 bits per heavy atom. The van der Waals surface area contributed by atoms with E-state index in [2.05, 4.69) is 29.1 Å². The maximum atomic E-state index is 5.48. The van der Waals surface area contributed by atoms with Crippen molar-refractivity contribution >= 4 is 29.9 Å². The number of hydrogen-bond donors (Lipinski definition) is 1. The van der Waals surface area contributed by atoms with E-state index in [1.54, 1.807) is 7.11 Å². The van der Waals surface area contributed by atoms with Crippen molar-refractivity contribution in [3.63, 3.8) is 0 Å². The van der Waals surface area contributed by atoms with Gasteiger partial charge in [0, 0.05) is 58.9 Å². The predicted molar refractivity (Wildman–Crippen MR) is 109 cm³/mol. The minimum Gasteiger partial charge on any atom is -0.383 e. The van der Waals surface area contributed by atoms with Gasteiger partial charge in [-0.3, -0.25) is 9.89 Å².